The normalized spacial score (nSPS) is 10.9. The second-order valence-corrected chi connectivity index (χ2v) is 6.16. The van der Waals surface area contributed by atoms with Gasteiger partial charge in [0.2, 0.25) is 5.95 Å². The fourth-order valence-corrected chi connectivity index (χ4v) is 3.16. The van der Waals surface area contributed by atoms with Crippen molar-refractivity contribution in [3.63, 3.8) is 0 Å². The number of aromatic amines is 1. The molecule has 2 N–H and O–H groups in total. The highest BCUT2D eigenvalue weighted by atomic mass is 32.1. The van der Waals surface area contributed by atoms with Crippen LogP contribution in [0.2, 0.25) is 0 Å². The van der Waals surface area contributed by atoms with Crippen LogP contribution in [0.15, 0.2) is 54.7 Å². The lowest BCUT2D eigenvalue weighted by atomic mass is 10.2. The van der Waals surface area contributed by atoms with E-state index in [-0.39, 0.29) is 0 Å². The largest absolute Gasteiger partial charge is 0.497 e. The zero-order valence-corrected chi connectivity index (χ0v) is 13.9. The Labute approximate surface area is 143 Å². The predicted molar refractivity (Wildman–Crippen MR) is 97.5 cm³/mol. The Balaban J connectivity index is 1.47. The third-order valence-corrected chi connectivity index (χ3v) is 4.60. The van der Waals surface area contributed by atoms with Gasteiger partial charge >= 0.3 is 0 Å². The van der Waals surface area contributed by atoms with E-state index in [0.717, 1.165) is 27.4 Å². The lowest BCUT2D eigenvalue weighted by molar-refractivity contribution is 0.414. The maximum absolute atomic E-state index is 5.16. The Hall–Kier alpha value is -2.86. The lowest BCUT2D eigenvalue weighted by Gasteiger charge is -2.04. The highest BCUT2D eigenvalue weighted by Gasteiger charge is 2.07. The number of benzene rings is 2. The molecule has 24 heavy (non-hydrogen) atoms. The average molecular weight is 336 g/mol. The van der Waals surface area contributed by atoms with Crippen molar-refractivity contribution in [1.82, 2.24) is 14.3 Å². The van der Waals surface area contributed by atoms with Crippen molar-refractivity contribution in [3.05, 3.63) is 60.3 Å². The fourth-order valence-electron chi connectivity index (χ4n) is 2.52. The monoisotopic (exact) mass is 336 g/mol. The third-order valence-electron chi connectivity index (χ3n) is 3.84. The molecule has 0 spiro atoms. The number of anilines is 1. The summed E-state index contributed by atoms with van der Waals surface area (Å²) >= 11 is 1.40. The first-order valence-corrected chi connectivity index (χ1v) is 8.37. The highest BCUT2D eigenvalue weighted by molar-refractivity contribution is 7.09. The number of H-pyrrole nitrogens is 1. The Morgan fingerprint density at radius 1 is 1.12 bits per heavy atom. The maximum atomic E-state index is 5.16. The number of methoxy groups -OCH3 is 1. The summed E-state index contributed by atoms with van der Waals surface area (Å²) in [5, 5.41) is 5.35. The van der Waals surface area contributed by atoms with Crippen molar-refractivity contribution in [3.8, 4) is 16.3 Å². The summed E-state index contributed by atoms with van der Waals surface area (Å²) in [6, 6.07) is 16.3. The van der Waals surface area contributed by atoms with Gasteiger partial charge in [-0.05, 0) is 53.5 Å². The zero-order chi connectivity index (χ0) is 16.4. The molecule has 0 saturated heterocycles. The van der Waals surface area contributed by atoms with Crippen molar-refractivity contribution in [1.29, 1.82) is 0 Å². The Kier molecular flexibility index (Phi) is 3.88. The number of rotatable bonds is 5. The molecule has 5 nitrogen and oxygen atoms in total. The number of fused-ring (bicyclic) bond motifs is 1. The second-order valence-electron chi connectivity index (χ2n) is 5.40. The first-order chi connectivity index (χ1) is 11.8. The molecule has 0 amide bonds. The van der Waals surface area contributed by atoms with Crippen molar-refractivity contribution >= 4 is 28.4 Å². The molecule has 0 aliphatic rings. The van der Waals surface area contributed by atoms with Gasteiger partial charge in [-0.15, -0.1) is 0 Å². The molecular weight excluding hydrogens is 320 g/mol. The molecular formula is C18H16N4OS. The van der Waals surface area contributed by atoms with E-state index in [1.807, 2.05) is 30.5 Å². The van der Waals surface area contributed by atoms with Gasteiger partial charge in [0.25, 0.3) is 0 Å². The van der Waals surface area contributed by atoms with Gasteiger partial charge in [0.1, 0.15) is 10.8 Å². The van der Waals surface area contributed by atoms with Crippen LogP contribution in [0.4, 0.5) is 5.95 Å². The van der Waals surface area contributed by atoms with Crippen molar-refractivity contribution < 1.29 is 4.74 Å². The molecule has 0 fully saturated rings. The summed E-state index contributed by atoms with van der Waals surface area (Å²) in [5.74, 6) is 1.51. The van der Waals surface area contributed by atoms with Gasteiger partial charge in [-0.1, -0.05) is 12.1 Å². The minimum absolute atomic E-state index is 0.653. The minimum atomic E-state index is 0.653. The van der Waals surface area contributed by atoms with E-state index in [1.54, 1.807) is 7.11 Å². The molecule has 0 unspecified atom stereocenters. The molecule has 0 atom stereocenters. The van der Waals surface area contributed by atoms with E-state index < -0.39 is 0 Å². The number of ether oxygens (including phenoxy) is 1. The van der Waals surface area contributed by atoms with Crippen LogP contribution in [0.5, 0.6) is 5.75 Å². The first kappa shape index (κ1) is 14.7. The molecule has 0 radical (unpaired) electrons. The average Bonchev–Trinajstić information content (AvgIpc) is 3.29. The molecule has 0 aliphatic heterocycles. The first-order valence-electron chi connectivity index (χ1n) is 7.60. The summed E-state index contributed by atoms with van der Waals surface area (Å²) in [5.41, 5.74) is 3.36. The van der Waals surface area contributed by atoms with E-state index in [4.69, 9.17) is 4.74 Å². The number of aromatic nitrogens is 3. The molecule has 0 saturated carbocycles. The van der Waals surface area contributed by atoms with Crippen LogP contribution < -0.4 is 10.1 Å². The quantitative estimate of drug-likeness (QED) is 0.570. The van der Waals surface area contributed by atoms with Gasteiger partial charge in [-0.2, -0.15) is 9.36 Å². The van der Waals surface area contributed by atoms with E-state index in [0.29, 0.717) is 12.5 Å². The maximum Gasteiger partial charge on any atom is 0.235 e. The third kappa shape index (κ3) is 2.96. The fraction of sp³-hybridized carbons (Fsp3) is 0.111. The van der Waals surface area contributed by atoms with Crippen LogP contribution in [0.3, 0.4) is 0 Å². The van der Waals surface area contributed by atoms with E-state index in [2.05, 4.69) is 43.9 Å². The molecule has 0 aliphatic carbocycles. The van der Waals surface area contributed by atoms with Crippen LogP contribution in [0, 0.1) is 0 Å². The van der Waals surface area contributed by atoms with Crippen LogP contribution in [0.25, 0.3) is 21.5 Å². The van der Waals surface area contributed by atoms with Crippen LogP contribution in [-0.4, -0.2) is 21.5 Å². The van der Waals surface area contributed by atoms with Crippen LogP contribution >= 0.6 is 11.5 Å². The molecule has 6 heteroatoms. The summed E-state index contributed by atoms with van der Waals surface area (Å²) in [6.45, 7) is 0.678. The number of hydrogen-bond donors (Lipinski definition) is 2. The number of nitrogens with zero attached hydrogens (tertiary/aromatic N) is 2. The molecule has 4 rings (SSSR count). The van der Waals surface area contributed by atoms with Gasteiger partial charge in [-0.25, -0.2) is 0 Å². The molecule has 2 aromatic carbocycles. The summed E-state index contributed by atoms with van der Waals surface area (Å²) < 4.78 is 9.56. The lowest BCUT2D eigenvalue weighted by Crippen LogP contribution is -2.00. The molecule has 0 bridgehead atoms. The van der Waals surface area contributed by atoms with E-state index in [9.17, 15) is 0 Å². The molecule has 2 heterocycles. The van der Waals surface area contributed by atoms with E-state index in [1.165, 1.54) is 16.9 Å². The summed E-state index contributed by atoms with van der Waals surface area (Å²) in [7, 11) is 1.67. The summed E-state index contributed by atoms with van der Waals surface area (Å²) in [4.78, 5) is 7.78. The van der Waals surface area contributed by atoms with Crippen LogP contribution in [0.1, 0.15) is 5.56 Å². The predicted octanol–water partition coefficient (Wildman–Crippen LogP) is 4.31. The van der Waals surface area contributed by atoms with Crippen molar-refractivity contribution in [2.75, 3.05) is 12.4 Å². The Bertz CT molecular complexity index is 958. The smallest absolute Gasteiger partial charge is 0.235 e. The second kappa shape index (κ2) is 6.33. The van der Waals surface area contributed by atoms with Gasteiger partial charge in [0.15, 0.2) is 0 Å². The van der Waals surface area contributed by atoms with E-state index >= 15 is 0 Å². The molecule has 2 aromatic heterocycles. The van der Waals surface area contributed by atoms with Gasteiger partial charge in [0, 0.05) is 29.2 Å². The zero-order valence-electron chi connectivity index (χ0n) is 13.1. The Morgan fingerprint density at radius 3 is 2.83 bits per heavy atom. The van der Waals surface area contributed by atoms with Crippen molar-refractivity contribution in [2.45, 2.75) is 6.54 Å². The highest BCUT2D eigenvalue weighted by Crippen LogP contribution is 2.26. The van der Waals surface area contributed by atoms with Gasteiger partial charge in [-0.3, -0.25) is 0 Å². The molecule has 120 valence electrons. The SMILES string of the molecule is COc1ccc(CNc2nsc(-c3ccc4[nH]ccc4c3)n2)cc1. The van der Waals surface area contributed by atoms with Crippen molar-refractivity contribution in [2.24, 2.45) is 0 Å². The van der Waals surface area contributed by atoms with Gasteiger partial charge < -0.3 is 15.0 Å². The number of hydrogen-bond acceptors (Lipinski definition) is 5. The van der Waals surface area contributed by atoms with Gasteiger partial charge in [0.05, 0.1) is 7.11 Å². The standard InChI is InChI=1S/C18H16N4OS/c1-23-15-5-2-12(3-6-15)11-20-18-21-17(24-22-18)14-4-7-16-13(10-14)8-9-19-16/h2-10,19H,11H2,1H3,(H,20,22). The van der Waals surface area contributed by atoms with Crippen LogP contribution in [-0.2, 0) is 6.54 Å². The Morgan fingerprint density at radius 2 is 2.00 bits per heavy atom. The topological polar surface area (TPSA) is 62.8 Å². The molecule has 4 aromatic rings. The number of nitrogens with one attached hydrogen (secondary N) is 2. The summed E-state index contributed by atoms with van der Waals surface area (Å²) in [6.07, 6.45) is 1.94. The minimum Gasteiger partial charge on any atom is -0.497 e.